The number of fused-ring (bicyclic) bond motifs is 1. The van der Waals surface area contributed by atoms with E-state index in [-0.39, 0.29) is 17.9 Å². The zero-order valence-electron chi connectivity index (χ0n) is 15.9. The van der Waals surface area contributed by atoms with Gasteiger partial charge in [-0.1, -0.05) is 35.9 Å². The highest BCUT2D eigenvalue weighted by Crippen LogP contribution is 2.14. The maximum atomic E-state index is 12.6. The Morgan fingerprint density at radius 2 is 1.70 bits per heavy atom. The lowest BCUT2D eigenvalue weighted by atomic mass is 10.1. The Morgan fingerprint density at radius 1 is 1.00 bits per heavy atom. The number of rotatable bonds is 6. The highest BCUT2D eigenvalue weighted by atomic mass is 35.5. The molecule has 4 aromatic rings. The number of carbonyl (C=O) groups excluding carboxylic acids is 1. The molecule has 2 heterocycles. The normalized spacial score (nSPS) is 11.0. The average molecular weight is 440 g/mol. The molecule has 6 nitrogen and oxygen atoms in total. The Hall–Kier alpha value is -3.16. The van der Waals surface area contributed by atoms with E-state index < -0.39 is 5.69 Å². The van der Waals surface area contributed by atoms with Crippen molar-refractivity contribution < 1.29 is 4.79 Å². The third-order valence-electron chi connectivity index (χ3n) is 4.72. The maximum Gasteiger partial charge on any atom is 0.333 e. The molecular formula is C22H18ClN3O3S. The van der Waals surface area contributed by atoms with E-state index in [0.29, 0.717) is 27.5 Å². The predicted molar refractivity (Wildman–Crippen MR) is 120 cm³/mol. The van der Waals surface area contributed by atoms with E-state index in [9.17, 15) is 14.4 Å². The third-order valence-corrected chi connectivity index (χ3v) is 5.87. The fourth-order valence-electron chi connectivity index (χ4n) is 3.18. The molecule has 2 aromatic carbocycles. The minimum atomic E-state index is -0.487. The van der Waals surface area contributed by atoms with Crippen LogP contribution in [0.3, 0.4) is 0 Å². The van der Waals surface area contributed by atoms with E-state index in [0.717, 1.165) is 22.1 Å². The van der Waals surface area contributed by atoms with Gasteiger partial charge in [0.05, 0.1) is 17.6 Å². The van der Waals surface area contributed by atoms with E-state index in [1.807, 2.05) is 24.3 Å². The van der Waals surface area contributed by atoms with Crippen LogP contribution < -0.4 is 16.6 Å². The molecule has 152 valence electrons. The number of aromatic amines is 1. The molecule has 0 aliphatic carbocycles. The molecule has 4 rings (SSSR count). The van der Waals surface area contributed by atoms with Gasteiger partial charge in [-0.3, -0.25) is 9.59 Å². The highest BCUT2D eigenvalue weighted by Gasteiger charge is 2.11. The number of aromatic nitrogens is 2. The Kier molecular flexibility index (Phi) is 5.83. The summed E-state index contributed by atoms with van der Waals surface area (Å²) in [6.45, 7) is 0.532. The van der Waals surface area contributed by atoms with Crippen molar-refractivity contribution in [2.75, 3.05) is 6.54 Å². The molecule has 0 aliphatic heterocycles. The molecule has 0 unspecified atom stereocenters. The van der Waals surface area contributed by atoms with Gasteiger partial charge in [-0.2, -0.15) is 0 Å². The molecule has 0 saturated carbocycles. The van der Waals surface area contributed by atoms with Gasteiger partial charge in [0.25, 0.3) is 5.56 Å². The maximum absolute atomic E-state index is 12.6. The van der Waals surface area contributed by atoms with Crippen molar-refractivity contribution in [3.8, 4) is 5.69 Å². The second-order valence-corrected chi connectivity index (χ2v) is 8.16. The Morgan fingerprint density at radius 3 is 2.43 bits per heavy atom. The smallest absolute Gasteiger partial charge is 0.333 e. The van der Waals surface area contributed by atoms with Crippen LogP contribution in [0.15, 0.2) is 69.6 Å². The topological polar surface area (TPSA) is 84.0 Å². The molecule has 8 heteroatoms. The van der Waals surface area contributed by atoms with E-state index in [1.165, 1.54) is 11.3 Å². The number of nitrogens with zero attached hydrogens (tertiary/aromatic N) is 1. The van der Waals surface area contributed by atoms with Crippen LogP contribution in [0.5, 0.6) is 0 Å². The summed E-state index contributed by atoms with van der Waals surface area (Å²) in [5.74, 6) is -0.0910. The van der Waals surface area contributed by atoms with Gasteiger partial charge in [0.1, 0.15) is 4.70 Å². The molecule has 30 heavy (non-hydrogen) atoms. The van der Waals surface area contributed by atoms with E-state index in [1.54, 1.807) is 35.7 Å². The predicted octanol–water partition coefficient (Wildman–Crippen LogP) is 3.30. The number of H-pyrrole nitrogens is 1. The summed E-state index contributed by atoms with van der Waals surface area (Å²) in [6, 6.07) is 16.1. The quantitative estimate of drug-likeness (QED) is 0.483. The molecule has 0 spiro atoms. The zero-order valence-corrected chi connectivity index (χ0v) is 17.4. The number of hydrogen-bond donors (Lipinski definition) is 2. The molecule has 0 bridgehead atoms. The molecule has 1 amide bonds. The summed E-state index contributed by atoms with van der Waals surface area (Å²) in [5, 5.41) is 5.35. The van der Waals surface area contributed by atoms with Crippen molar-refractivity contribution in [1.29, 1.82) is 0 Å². The highest BCUT2D eigenvalue weighted by molar-refractivity contribution is 7.17. The van der Waals surface area contributed by atoms with Crippen molar-refractivity contribution in [2.24, 2.45) is 0 Å². The lowest BCUT2D eigenvalue weighted by Gasteiger charge is -2.08. The largest absolute Gasteiger partial charge is 0.355 e. The van der Waals surface area contributed by atoms with Crippen LogP contribution in [-0.4, -0.2) is 22.0 Å². The van der Waals surface area contributed by atoms with Gasteiger partial charge in [0, 0.05) is 11.6 Å². The third kappa shape index (κ3) is 4.37. The number of benzene rings is 2. The van der Waals surface area contributed by atoms with Gasteiger partial charge in [-0.25, -0.2) is 9.36 Å². The first-order valence-corrected chi connectivity index (χ1v) is 10.6. The van der Waals surface area contributed by atoms with Gasteiger partial charge < -0.3 is 10.3 Å². The van der Waals surface area contributed by atoms with E-state index >= 15 is 0 Å². The Balaban J connectivity index is 1.40. The SMILES string of the molecule is O=C(Cc1ccc(-n2c(=O)[nH]c3ccsc3c2=O)cc1)NCCc1ccc(Cl)cc1. The molecule has 0 fully saturated rings. The molecule has 0 saturated heterocycles. The molecule has 0 aliphatic rings. The number of halogens is 1. The minimum absolute atomic E-state index is 0.0910. The van der Waals surface area contributed by atoms with Crippen molar-refractivity contribution >= 4 is 39.1 Å². The van der Waals surface area contributed by atoms with Crippen LogP contribution in [0.1, 0.15) is 11.1 Å². The van der Waals surface area contributed by atoms with Crippen molar-refractivity contribution in [1.82, 2.24) is 14.9 Å². The molecule has 2 N–H and O–H groups in total. The summed E-state index contributed by atoms with van der Waals surface area (Å²) >= 11 is 7.15. The summed E-state index contributed by atoms with van der Waals surface area (Å²) in [5.41, 5.74) is 2.06. The number of thiophene rings is 1. The second-order valence-electron chi connectivity index (χ2n) is 6.80. The van der Waals surface area contributed by atoms with Crippen LogP contribution in [0.2, 0.25) is 5.02 Å². The lowest BCUT2D eigenvalue weighted by Crippen LogP contribution is -2.33. The standard InChI is InChI=1S/C22H18ClN3O3S/c23-16-5-1-14(2-6-16)9-11-24-19(27)13-15-3-7-17(8-4-15)26-21(28)20-18(10-12-30-20)25-22(26)29/h1-8,10,12H,9,11,13H2,(H,24,27)(H,25,29). The number of nitrogens with one attached hydrogen (secondary N) is 2. The van der Waals surface area contributed by atoms with Crippen LogP contribution >= 0.6 is 22.9 Å². The van der Waals surface area contributed by atoms with Crippen LogP contribution in [0, 0.1) is 0 Å². The Bertz CT molecular complexity index is 1300. The number of amides is 1. The van der Waals surface area contributed by atoms with Crippen molar-refractivity contribution in [2.45, 2.75) is 12.8 Å². The van der Waals surface area contributed by atoms with Gasteiger partial charge >= 0.3 is 5.69 Å². The fourth-order valence-corrected chi connectivity index (χ4v) is 4.09. The molecule has 0 radical (unpaired) electrons. The summed E-state index contributed by atoms with van der Waals surface area (Å²) in [7, 11) is 0. The van der Waals surface area contributed by atoms with Gasteiger partial charge in [0.15, 0.2) is 0 Å². The van der Waals surface area contributed by atoms with Gasteiger partial charge in [0.2, 0.25) is 5.91 Å². The fraction of sp³-hybridized carbons (Fsp3) is 0.136. The summed E-state index contributed by atoms with van der Waals surface area (Å²) < 4.78 is 1.60. The molecule has 0 atom stereocenters. The van der Waals surface area contributed by atoms with Crippen molar-refractivity contribution in [3.05, 3.63) is 97.0 Å². The first kappa shape index (κ1) is 20.1. The summed E-state index contributed by atoms with van der Waals surface area (Å²) in [6.07, 6.45) is 0.939. The van der Waals surface area contributed by atoms with Crippen LogP contribution in [0.25, 0.3) is 15.9 Å². The van der Waals surface area contributed by atoms with Crippen LogP contribution in [0.4, 0.5) is 0 Å². The number of carbonyl (C=O) groups is 1. The van der Waals surface area contributed by atoms with Crippen LogP contribution in [-0.2, 0) is 17.6 Å². The minimum Gasteiger partial charge on any atom is -0.355 e. The molecule has 2 aromatic heterocycles. The summed E-state index contributed by atoms with van der Waals surface area (Å²) in [4.78, 5) is 39.8. The monoisotopic (exact) mass is 439 g/mol. The lowest BCUT2D eigenvalue weighted by molar-refractivity contribution is -0.120. The van der Waals surface area contributed by atoms with Gasteiger partial charge in [-0.05, 0) is 53.3 Å². The Labute approximate surface area is 180 Å². The first-order valence-electron chi connectivity index (χ1n) is 9.34. The van der Waals surface area contributed by atoms with Crippen molar-refractivity contribution in [3.63, 3.8) is 0 Å². The molecular weight excluding hydrogens is 422 g/mol. The first-order chi connectivity index (χ1) is 14.5. The number of hydrogen-bond acceptors (Lipinski definition) is 4. The van der Waals surface area contributed by atoms with Gasteiger partial charge in [-0.15, -0.1) is 11.3 Å². The average Bonchev–Trinajstić information content (AvgIpc) is 3.19. The van der Waals surface area contributed by atoms with E-state index in [2.05, 4.69) is 10.3 Å². The zero-order chi connectivity index (χ0) is 21.1. The van der Waals surface area contributed by atoms with E-state index in [4.69, 9.17) is 11.6 Å². The second kappa shape index (κ2) is 8.69.